The van der Waals surface area contributed by atoms with Crippen LogP contribution in [0.1, 0.15) is 0 Å². The first kappa shape index (κ1) is 13.2. The van der Waals surface area contributed by atoms with Gasteiger partial charge in [0.1, 0.15) is 12.7 Å². The molecular weight excluding hydrogens is 285 g/mol. The molecule has 2 N–H and O–H groups in total. The van der Waals surface area contributed by atoms with Gasteiger partial charge in [0, 0.05) is 24.8 Å². The van der Waals surface area contributed by atoms with Gasteiger partial charge in [-0.05, 0) is 0 Å². The quantitative estimate of drug-likeness (QED) is 0.817. The van der Waals surface area contributed by atoms with Crippen molar-refractivity contribution in [3.05, 3.63) is 37.4 Å². The molecule has 2 rings (SSSR count). The molecule has 2 atom stereocenters. The van der Waals surface area contributed by atoms with Crippen LogP contribution in [0.2, 0.25) is 0 Å². The lowest BCUT2D eigenvalue weighted by Crippen LogP contribution is -2.12. The van der Waals surface area contributed by atoms with Crippen LogP contribution in [0.4, 0.5) is 4.39 Å². The van der Waals surface area contributed by atoms with E-state index in [4.69, 9.17) is 0 Å². The van der Waals surface area contributed by atoms with Gasteiger partial charge in [0.15, 0.2) is 0 Å². The first-order chi connectivity index (χ1) is 8.37. The second kappa shape index (κ2) is 4.44. The van der Waals surface area contributed by atoms with Gasteiger partial charge in [0.05, 0.1) is 0 Å². The molecule has 0 radical (unpaired) electrons. The van der Waals surface area contributed by atoms with Gasteiger partial charge in [-0.15, -0.1) is 0 Å². The standard InChI is InChI=1S/C7H9FN4O4P2/c8-7(17(13,14)11-3-1-9-5-11)18(15,16)12-4-2-10-6-12/h1-7H,(H,13,14)(H,15,16). The van der Waals surface area contributed by atoms with Gasteiger partial charge in [-0.3, -0.25) is 17.8 Å². The lowest BCUT2D eigenvalue weighted by molar-refractivity contribution is 0.374. The average Bonchev–Trinajstić information content (AvgIpc) is 3.00. The zero-order valence-corrected chi connectivity index (χ0v) is 10.6. The molecule has 0 fully saturated rings. The van der Waals surface area contributed by atoms with E-state index in [1.807, 2.05) is 0 Å². The van der Waals surface area contributed by atoms with Crippen LogP contribution in [0.25, 0.3) is 0 Å². The van der Waals surface area contributed by atoms with Crippen molar-refractivity contribution >= 4 is 15.0 Å². The van der Waals surface area contributed by atoms with Crippen LogP contribution in [-0.4, -0.2) is 34.1 Å². The van der Waals surface area contributed by atoms with E-state index in [1.165, 1.54) is 0 Å². The Morgan fingerprint density at radius 3 is 1.67 bits per heavy atom. The fourth-order valence-electron chi connectivity index (χ4n) is 1.26. The molecule has 0 spiro atoms. The van der Waals surface area contributed by atoms with Crippen molar-refractivity contribution in [1.29, 1.82) is 0 Å². The highest BCUT2D eigenvalue weighted by Crippen LogP contribution is 2.65. The molecule has 2 heterocycles. The normalized spacial score (nSPS) is 19.9. The molecule has 2 unspecified atom stereocenters. The molecule has 98 valence electrons. The average molecular weight is 294 g/mol. The molecule has 0 aliphatic heterocycles. The summed E-state index contributed by atoms with van der Waals surface area (Å²) in [5.74, 6) is 0. The summed E-state index contributed by atoms with van der Waals surface area (Å²) in [4.78, 5) is 26.2. The van der Waals surface area contributed by atoms with Crippen molar-refractivity contribution in [1.82, 2.24) is 18.6 Å². The summed E-state index contributed by atoms with van der Waals surface area (Å²) >= 11 is 0. The molecule has 0 aliphatic carbocycles. The van der Waals surface area contributed by atoms with Gasteiger partial charge in [0.25, 0.3) is 5.65 Å². The van der Waals surface area contributed by atoms with Gasteiger partial charge in [-0.1, -0.05) is 0 Å². The molecule has 0 bridgehead atoms. The Kier molecular flexibility index (Phi) is 3.25. The highest BCUT2D eigenvalue weighted by molar-refractivity contribution is 7.74. The lowest BCUT2D eigenvalue weighted by Gasteiger charge is -2.21. The molecule has 0 amide bonds. The Hall–Kier alpha value is -1.27. The van der Waals surface area contributed by atoms with E-state index in [2.05, 4.69) is 9.97 Å². The van der Waals surface area contributed by atoms with E-state index in [0.29, 0.717) is 8.68 Å². The van der Waals surface area contributed by atoms with Gasteiger partial charge < -0.3 is 9.79 Å². The summed E-state index contributed by atoms with van der Waals surface area (Å²) in [6.45, 7) is 0. The van der Waals surface area contributed by atoms with E-state index in [0.717, 1.165) is 37.4 Å². The number of hydrogen-bond donors (Lipinski definition) is 2. The second-order valence-corrected chi connectivity index (χ2v) is 7.97. The highest BCUT2D eigenvalue weighted by Gasteiger charge is 2.48. The fraction of sp³-hybridized carbons (Fsp3) is 0.143. The highest BCUT2D eigenvalue weighted by atomic mass is 31.2. The molecule has 18 heavy (non-hydrogen) atoms. The predicted octanol–water partition coefficient (Wildman–Crippen LogP) is 1.10. The lowest BCUT2D eigenvalue weighted by atomic mass is 11.0. The molecule has 11 heteroatoms. The van der Waals surface area contributed by atoms with Gasteiger partial charge in [0.2, 0.25) is 0 Å². The summed E-state index contributed by atoms with van der Waals surface area (Å²) in [5.41, 5.74) is -2.87. The number of alkyl halides is 1. The van der Waals surface area contributed by atoms with Gasteiger partial charge in [-0.25, -0.2) is 14.4 Å². The van der Waals surface area contributed by atoms with Crippen LogP contribution in [0.3, 0.4) is 0 Å². The summed E-state index contributed by atoms with van der Waals surface area (Å²) in [6, 6.07) is 0. The van der Waals surface area contributed by atoms with Crippen LogP contribution in [0, 0.1) is 0 Å². The molecule has 0 saturated carbocycles. The van der Waals surface area contributed by atoms with Crippen molar-refractivity contribution in [2.75, 3.05) is 0 Å². The second-order valence-electron chi connectivity index (χ2n) is 3.37. The maximum absolute atomic E-state index is 14.0. The van der Waals surface area contributed by atoms with Crippen LogP contribution in [-0.2, 0) is 9.13 Å². The SMILES string of the molecule is O=P(O)(C(F)P(=O)(O)n1ccnc1)n1ccnc1. The maximum atomic E-state index is 14.0. The number of aromatic nitrogens is 4. The first-order valence-electron chi connectivity index (χ1n) is 4.63. The molecule has 8 nitrogen and oxygen atoms in total. The van der Waals surface area contributed by atoms with Crippen LogP contribution in [0.15, 0.2) is 37.4 Å². The molecule has 0 aromatic carbocycles. The maximum Gasteiger partial charge on any atom is 0.344 e. The topological polar surface area (TPSA) is 110 Å². The van der Waals surface area contributed by atoms with Crippen LogP contribution < -0.4 is 0 Å². The first-order valence-corrected chi connectivity index (χ1v) is 8.00. The Morgan fingerprint density at radius 2 is 1.39 bits per heavy atom. The zero-order valence-electron chi connectivity index (χ0n) is 8.81. The monoisotopic (exact) mass is 294 g/mol. The Labute approximate surface area is 101 Å². The van der Waals surface area contributed by atoms with Gasteiger partial charge >= 0.3 is 15.0 Å². The molecule has 2 aromatic rings. The summed E-state index contributed by atoms with van der Waals surface area (Å²) in [7, 11) is -9.45. The largest absolute Gasteiger partial charge is 0.344 e. The summed E-state index contributed by atoms with van der Waals surface area (Å²) in [5, 5.41) is 0. The number of hydrogen-bond acceptors (Lipinski definition) is 4. The molecule has 0 saturated heterocycles. The Balaban J connectivity index is 2.41. The minimum atomic E-state index is -4.72. The minimum absolute atomic E-state index is 0.581. The third kappa shape index (κ3) is 2.06. The summed E-state index contributed by atoms with van der Waals surface area (Å²) in [6.07, 6.45) is 6.22. The van der Waals surface area contributed by atoms with Crippen molar-refractivity contribution in [2.45, 2.75) is 5.65 Å². The number of rotatable bonds is 4. The van der Waals surface area contributed by atoms with E-state index in [9.17, 15) is 23.3 Å². The van der Waals surface area contributed by atoms with Crippen molar-refractivity contribution < 1.29 is 23.3 Å². The predicted molar refractivity (Wildman–Crippen MR) is 59.8 cm³/mol. The van der Waals surface area contributed by atoms with Gasteiger partial charge in [-0.2, -0.15) is 0 Å². The third-order valence-electron chi connectivity index (χ3n) is 2.20. The zero-order chi connectivity index (χ0) is 13.4. The minimum Gasteiger partial charge on any atom is -0.326 e. The van der Waals surface area contributed by atoms with Crippen molar-refractivity contribution in [3.8, 4) is 0 Å². The van der Waals surface area contributed by atoms with E-state index in [1.54, 1.807) is 0 Å². The number of nitrogens with zero attached hydrogens (tertiary/aromatic N) is 4. The number of halogens is 1. The van der Waals surface area contributed by atoms with Crippen LogP contribution in [0.5, 0.6) is 0 Å². The molecule has 0 aliphatic rings. The van der Waals surface area contributed by atoms with Crippen LogP contribution >= 0.6 is 15.0 Å². The van der Waals surface area contributed by atoms with E-state index >= 15 is 0 Å². The van der Waals surface area contributed by atoms with Crippen molar-refractivity contribution in [3.63, 3.8) is 0 Å². The molecular formula is C7H9FN4O4P2. The van der Waals surface area contributed by atoms with E-state index < -0.39 is 20.7 Å². The Morgan fingerprint density at radius 1 is 1.00 bits per heavy atom. The number of imidazole rings is 2. The summed E-state index contributed by atoms with van der Waals surface area (Å²) < 4.78 is 38.8. The van der Waals surface area contributed by atoms with E-state index in [-0.39, 0.29) is 0 Å². The molecule has 2 aromatic heterocycles. The Bertz CT molecular complexity index is 559. The third-order valence-corrected chi connectivity index (χ3v) is 6.91. The fourth-order valence-corrected chi connectivity index (χ4v) is 4.90. The van der Waals surface area contributed by atoms with Crippen molar-refractivity contribution in [2.24, 2.45) is 0 Å². The smallest absolute Gasteiger partial charge is 0.326 e.